The van der Waals surface area contributed by atoms with Gasteiger partial charge in [0.05, 0.1) is 25.6 Å². The first-order valence-electron chi connectivity index (χ1n) is 10.5. The van der Waals surface area contributed by atoms with Gasteiger partial charge in [-0.2, -0.15) is 0 Å². The molecular weight excluding hydrogens is 398 g/mol. The normalized spacial score (nSPS) is 32.5. The van der Waals surface area contributed by atoms with Crippen molar-refractivity contribution < 1.29 is 28.9 Å². The number of fused-ring (bicyclic) bond motifs is 1. The van der Waals surface area contributed by atoms with Crippen LogP contribution in [0.4, 0.5) is 0 Å². The van der Waals surface area contributed by atoms with Crippen LogP contribution in [0.3, 0.4) is 0 Å². The maximum atomic E-state index is 13.5. The van der Waals surface area contributed by atoms with E-state index in [1.807, 2.05) is 67.6 Å². The van der Waals surface area contributed by atoms with Gasteiger partial charge in [0, 0.05) is 12.6 Å². The molecule has 0 aromatic heterocycles. The number of benzene rings is 2. The Bertz CT molecular complexity index is 920. The number of carbonyl (C=O) groups is 2. The molecule has 164 valence electrons. The lowest BCUT2D eigenvalue weighted by atomic mass is 9.70. The van der Waals surface area contributed by atoms with Crippen molar-refractivity contribution in [2.75, 3.05) is 20.3 Å². The number of nitrogens with one attached hydrogen (secondary N) is 1. The van der Waals surface area contributed by atoms with Crippen molar-refractivity contribution in [1.29, 1.82) is 0 Å². The molecule has 2 aliphatic heterocycles. The zero-order valence-electron chi connectivity index (χ0n) is 17.6. The van der Waals surface area contributed by atoms with Crippen molar-refractivity contribution in [1.82, 2.24) is 5.32 Å². The third-order valence-electron chi connectivity index (χ3n) is 6.26. The Morgan fingerprint density at radius 2 is 1.77 bits per heavy atom. The molecule has 0 amide bonds. The first kappa shape index (κ1) is 21.6. The number of rotatable bonds is 6. The molecule has 0 spiro atoms. The average Bonchev–Trinajstić information content (AvgIpc) is 3.19. The van der Waals surface area contributed by atoms with Crippen LogP contribution >= 0.6 is 0 Å². The molecule has 2 fully saturated rings. The molecule has 0 radical (unpaired) electrons. The van der Waals surface area contributed by atoms with Crippen molar-refractivity contribution in [3.8, 4) is 0 Å². The van der Waals surface area contributed by atoms with Crippen LogP contribution in [0.2, 0.25) is 0 Å². The summed E-state index contributed by atoms with van der Waals surface area (Å²) in [4.78, 5) is 26.9. The minimum Gasteiger partial charge on any atom is -0.467 e. The second-order valence-corrected chi connectivity index (χ2v) is 7.78. The van der Waals surface area contributed by atoms with E-state index in [4.69, 9.17) is 14.2 Å². The van der Waals surface area contributed by atoms with Gasteiger partial charge in [-0.1, -0.05) is 60.7 Å². The topological polar surface area (TPSA) is 94.1 Å². The maximum absolute atomic E-state index is 13.5. The second-order valence-electron chi connectivity index (χ2n) is 7.78. The number of methoxy groups -OCH3 is 1. The van der Waals surface area contributed by atoms with Gasteiger partial charge in [0.25, 0.3) is 0 Å². The number of esters is 1. The van der Waals surface area contributed by atoms with Crippen LogP contribution in [0.15, 0.2) is 60.7 Å². The van der Waals surface area contributed by atoms with Gasteiger partial charge >= 0.3 is 5.97 Å². The number of hydrogen-bond acceptors (Lipinski definition) is 7. The first-order valence-corrected chi connectivity index (χ1v) is 10.5. The van der Waals surface area contributed by atoms with Crippen LogP contribution in [0.5, 0.6) is 0 Å². The monoisotopic (exact) mass is 425 g/mol. The summed E-state index contributed by atoms with van der Waals surface area (Å²) < 4.78 is 17.1. The molecule has 2 aliphatic rings. The number of aliphatic hydroxyl groups excluding tert-OH is 1. The van der Waals surface area contributed by atoms with E-state index < -0.39 is 48.4 Å². The van der Waals surface area contributed by atoms with Gasteiger partial charge in [-0.05, 0) is 18.1 Å². The molecule has 2 aromatic rings. The molecule has 2 heterocycles. The largest absolute Gasteiger partial charge is 0.467 e. The summed E-state index contributed by atoms with van der Waals surface area (Å²) in [6.07, 6.45) is -1.90. The molecule has 0 bridgehead atoms. The first-order chi connectivity index (χ1) is 15.1. The van der Waals surface area contributed by atoms with Crippen molar-refractivity contribution >= 4 is 11.8 Å². The zero-order valence-corrected chi connectivity index (χ0v) is 17.6. The van der Waals surface area contributed by atoms with Crippen molar-refractivity contribution in [2.45, 2.75) is 30.9 Å². The van der Waals surface area contributed by atoms with Gasteiger partial charge in [0.1, 0.15) is 6.10 Å². The van der Waals surface area contributed by atoms with Crippen LogP contribution < -0.4 is 5.32 Å². The van der Waals surface area contributed by atoms with E-state index in [1.54, 1.807) is 0 Å². The fourth-order valence-corrected chi connectivity index (χ4v) is 4.99. The molecule has 0 saturated carbocycles. The fourth-order valence-electron chi connectivity index (χ4n) is 4.99. The second kappa shape index (κ2) is 8.88. The lowest BCUT2D eigenvalue weighted by Gasteiger charge is -2.43. The van der Waals surface area contributed by atoms with Crippen LogP contribution in [-0.4, -0.2) is 49.6 Å². The average molecular weight is 425 g/mol. The Kier molecular flexibility index (Phi) is 6.20. The van der Waals surface area contributed by atoms with Crippen LogP contribution in [-0.2, 0) is 29.3 Å². The summed E-state index contributed by atoms with van der Waals surface area (Å²) in [5.41, 5.74) is 0.164. The molecule has 31 heavy (non-hydrogen) atoms. The number of Topliss-reactive ketones (excluding diaryl/α,β-unsaturated/α-hetero) is 1. The number of ether oxygens (including phenoxy) is 3. The van der Waals surface area contributed by atoms with E-state index in [9.17, 15) is 14.7 Å². The van der Waals surface area contributed by atoms with Crippen molar-refractivity contribution in [3.05, 3.63) is 71.8 Å². The Labute approximate surface area is 181 Å². The number of ketones is 1. The van der Waals surface area contributed by atoms with Crippen LogP contribution in [0.25, 0.3) is 0 Å². The van der Waals surface area contributed by atoms with Gasteiger partial charge in [0.15, 0.2) is 17.6 Å². The molecule has 2 N–H and O–H groups in total. The van der Waals surface area contributed by atoms with Gasteiger partial charge < -0.3 is 19.3 Å². The quantitative estimate of drug-likeness (QED) is 0.683. The van der Waals surface area contributed by atoms with E-state index in [-0.39, 0.29) is 5.78 Å². The molecular formula is C24H27NO6. The van der Waals surface area contributed by atoms with Crippen molar-refractivity contribution in [3.63, 3.8) is 0 Å². The smallest absolute Gasteiger partial charge is 0.331 e. The summed E-state index contributed by atoms with van der Waals surface area (Å²) in [7, 11) is 1.33. The van der Waals surface area contributed by atoms with Gasteiger partial charge in [-0.3, -0.25) is 10.1 Å². The number of aliphatic hydroxyl groups is 1. The standard InChI is InChI=1S/C24H27NO6/c1-3-30-22-19-18(21(27)17(14-26)31-22)20(15-10-6-4-7-11-15)25-24(19,23(28)29-2)16-12-8-5-9-13-16/h4-13,17-20,22,25-26H,3,14H2,1-2H3/t17-,18+,19+,20-,22+,24+/m1/s1. The van der Waals surface area contributed by atoms with E-state index in [0.717, 1.165) is 5.56 Å². The Balaban J connectivity index is 1.94. The highest BCUT2D eigenvalue weighted by atomic mass is 16.7. The molecule has 6 atom stereocenters. The van der Waals surface area contributed by atoms with Crippen molar-refractivity contribution in [2.24, 2.45) is 11.8 Å². The van der Waals surface area contributed by atoms with E-state index in [0.29, 0.717) is 12.2 Å². The summed E-state index contributed by atoms with van der Waals surface area (Å²) in [5.74, 6) is -2.13. The third kappa shape index (κ3) is 3.47. The fraction of sp³-hybridized carbons (Fsp3) is 0.417. The van der Waals surface area contributed by atoms with Gasteiger partial charge in [-0.15, -0.1) is 0 Å². The minimum absolute atomic E-state index is 0.258. The minimum atomic E-state index is -1.36. The van der Waals surface area contributed by atoms with Gasteiger partial charge in [0.2, 0.25) is 0 Å². The molecule has 0 aliphatic carbocycles. The van der Waals surface area contributed by atoms with Crippen LogP contribution in [0, 0.1) is 11.8 Å². The zero-order chi connectivity index (χ0) is 22.0. The summed E-state index contributed by atoms with van der Waals surface area (Å²) in [6.45, 7) is 1.69. The number of hydrogen-bond donors (Lipinski definition) is 2. The highest BCUT2D eigenvalue weighted by Gasteiger charge is 2.67. The van der Waals surface area contributed by atoms with E-state index in [2.05, 4.69) is 5.32 Å². The molecule has 2 saturated heterocycles. The number of carbonyl (C=O) groups excluding carboxylic acids is 2. The lowest BCUT2D eigenvalue weighted by molar-refractivity contribution is -0.238. The summed E-state index contributed by atoms with van der Waals surface area (Å²) in [6, 6.07) is 18.2. The lowest BCUT2D eigenvalue weighted by Crippen LogP contribution is -2.59. The van der Waals surface area contributed by atoms with E-state index >= 15 is 0 Å². The molecule has 7 nitrogen and oxygen atoms in total. The molecule has 0 unspecified atom stereocenters. The SMILES string of the molecule is CCO[C@H]1O[C@H](CO)C(=O)[C@H]2[C@@H]1[C@](C(=O)OC)(c1ccccc1)N[C@@H]2c1ccccc1. The predicted molar refractivity (Wildman–Crippen MR) is 112 cm³/mol. The summed E-state index contributed by atoms with van der Waals surface area (Å²) in [5, 5.41) is 13.3. The Morgan fingerprint density at radius 1 is 1.13 bits per heavy atom. The molecule has 4 rings (SSSR count). The molecule has 7 heteroatoms. The Morgan fingerprint density at radius 3 is 2.35 bits per heavy atom. The molecule has 2 aromatic carbocycles. The highest BCUT2D eigenvalue weighted by Crippen LogP contribution is 2.53. The summed E-state index contributed by atoms with van der Waals surface area (Å²) >= 11 is 0. The van der Waals surface area contributed by atoms with Crippen LogP contribution in [0.1, 0.15) is 24.1 Å². The third-order valence-corrected chi connectivity index (χ3v) is 6.26. The van der Waals surface area contributed by atoms with Gasteiger partial charge in [-0.25, -0.2) is 4.79 Å². The maximum Gasteiger partial charge on any atom is 0.331 e. The highest BCUT2D eigenvalue weighted by molar-refractivity contribution is 5.92. The van der Waals surface area contributed by atoms with E-state index in [1.165, 1.54) is 7.11 Å². The predicted octanol–water partition coefficient (Wildman–Crippen LogP) is 1.95. The Hall–Kier alpha value is -2.58.